The van der Waals surface area contributed by atoms with Crippen LogP contribution in [-0.2, 0) is 0 Å². The van der Waals surface area contributed by atoms with E-state index in [4.69, 9.17) is 0 Å². The first-order valence-electron chi connectivity index (χ1n) is 6.10. The number of hydrogen-bond acceptors (Lipinski definition) is 4. The molecule has 0 aliphatic carbocycles. The van der Waals surface area contributed by atoms with Crippen LogP contribution in [0.1, 0.15) is 37.0 Å². The third kappa shape index (κ3) is 2.64. The minimum Gasteiger partial charge on any atom is -0.294 e. The number of nitrogens with zero attached hydrogens (tertiary/aromatic N) is 2. The number of benzene rings is 1. The quantitative estimate of drug-likeness (QED) is 0.597. The second kappa shape index (κ2) is 5.58. The second-order valence-electron chi connectivity index (χ2n) is 4.38. The Bertz CT molecular complexity index is 572. The molecule has 0 saturated heterocycles. The van der Waals surface area contributed by atoms with Crippen LogP contribution in [0, 0.1) is 5.92 Å². The molecule has 0 amide bonds. The molecule has 1 aromatic carbocycles. The van der Waals surface area contributed by atoms with Crippen LogP contribution in [-0.4, -0.2) is 16.1 Å². The second-order valence-corrected chi connectivity index (χ2v) is 4.38. The summed E-state index contributed by atoms with van der Waals surface area (Å²) in [6, 6.07) is 5.28. The zero-order valence-electron chi connectivity index (χ0n) is 10.6. The molecule has 94 valence electrons. The van der Waals surface area contributed by atoms with E-state index in [1.54, 1.807) is 18.2 Å². The fraction of sp³-hybridized carbons (Fsp3) is 0.357. The van der Waals surface area contributed by atoms with Gasteiger partial charge in [0, 0.05) is 11.5 Å². The van der Waals surface area contributed by atoms with Crippen LogP contribution in [0.3, 0.4) is 0 Å². The van der Waals surface area contributed by atoms with Crippen molar-refractivity contribution in [2.24, 2.45) is 5.92 Å². The molecule has 2 rings (SSSR count). The van der Waals surface area contributed by atoms with E-state index in [1.807, 2.05) is 19.9 Å². The van der Waals surface area contributed by atoms with Gasteiger partial charge in [0.05, 0.1) is 0 Å². The Balaban J connectivity index is 2.11. The fourth-order valence-electron chi connectivity index (χ4n) is 1.86. The lowest BCUT2D eigenvalue weighted by Crippen LogP contribution is -2.10. The molecule has 18 heavy (non-hydrogen) atoms. The average molecular weight is 244 g/mol. The Hall–Kier alpha value is -1.97. The summed E-state index contributed by atoms with van der Waals surface area (Å²) in [5.74, 6) is 0.155. The lowest BCUT2D eigenvalue weighted by Gasteiger charge is -2.08. The summed E-state index contributed by atoms with van der Waals surface area (Å²) in [4.78, 5) is 12.2. The van der Waals surface area contributed by atoms with Crippen molar-refractivity contribution < 1.29 is 9.42 Å². The van der Waals surface area contributed by atoms with Crippen molar-refractivity contribution in [3.8, 4) is 0 Å². The van der Waals surface area contributed by atoms with Gasteiger partial charge in [-0.2, -0.15) is 0 Å². The Morgan fingerprint density at radius 3 is 2.94 bits per heavy atom. The van der Waals surface area contributed by atoms with Crippen molar-refractivity contribution in [2.45, 2.75) is 26.7 Å². The van der Waals surface area contributed by atoms with E-state index < -0.39 is 0 Å². The van der Waals surface area contributed by atoms with Crippen LogP contribution in [0.4, 0.5) is 0 Å². The third-order valence-electron chi connectivity index (χ3n) is 2.99. The van der Waals surface area contributed by atoms with Crippen molar-refractivity contribution in [1.29, 1.82) is 0 Å². The maximum Gasteiger partial charge on any atom is 0.165 e. The summed E-state index contributed by atoms with van der Waals surface area (Å²) in [6.45, 7) is 3.94. The molecule has 0 aliphatic heterocycles. The molecule has 1 heterocycles. The highest BCUT2D eigenvalue weighted by molar-refractivity contribution is 6.00. The van der Waals surface area contributed by atoms with Crippen LogP contribution < -0.4 is 0 Å². The molecule has 0 N–H and O–H groups in total. The molecule has 0 fully saturated rings. The van der Waals surface area contributed by atoms with Gasteiger partial charge in [0.2, 0.25) is 0 Å². The van der Waals surface area contributed by atoms with Gasteiger partial charge in [0.15, 0.2) is 5.78 Å². The van der Waals surface area contributed by atoms with E-state index in [-0.39, 0.29) is 11.7 Å². The van der Waals surface area contributed by atoms with Crippen LogP contribution in [0.2, 0.25) is 0 Å². The van der Waals surface area contributed by atoms with E-state index in [9.17, 15) is 4.79 Å². The Labute approximate surface area is 106 Å². The number of rotatable bonds is 5. The number of allylic oxidation sites excluding steroid dienone is 2. The highest BCUT2D eigenvalue weighted by atomic mass is 16.6. The third-order valence-corrected chi connectivity index (χ3v) is 2.99. The highest BCUT2D eigenvalue weighted by Crippen LogP contribution is 2.17. The number of aromatic nitrogens is 2. The summed E-state index contributed by atoms with van der Waals surface area (Å²) in [5.41, 5.74) is 1.97. The standard InChI is InChI=1S/C14H16N2O2/c1-3-4-5-6-10(2)14(17)11-7-8-12-13(9-11)16-18-15-12/h3-4,7-10H,5-6H2,1-2H3. The van der Waals surface area contributed by atoms with Gasteiger partial charge in [0.25, 0.3) is 0 Å². The molecule has 0 bridgehead atoms. The molecule has 4 heteroatoms. The van der Waals surface area contributed by atoms with Gasteiger partial charge in [-0.15, -0.1) is 0 Å². The monoisotopic (exact) mass is 244 g/mol. The molecule has 0 spiro atoms. The van der Waals surface area contributed by atoms with Crippen molar-refractivity contribution in [2.75, 3.05) is 0 Å². The number of carbonyl (C=O) groups excluding carboxylic acids is 1. The summed E-state index contributed by atoms with van der Waals surface area (Å²) in [5, 5.41) is 7.47. The molecule has 0 radical (unpaired) electrons. The number of Topliss-reactive ketones (excluding diaryl/α,β-unsaturated/α-hetero) is 1. The number of ketones is 1. The molecular weight excluding hydrogens is 228 g/mol. The van der Waals surface area contributed by atoms with E-state index in [1.165, 1.54) is 0 Å². The van der Waals surface area contributed by atoms with Gasteiger partial charge >= 0.3 is 0 Å². The normalized spacial score (nSPS) is 13.2. The largest absolute Gasteiger partial charge is 0.294 e. The van der Waals surface area contributed by atoms with Gasteiger partial charge in [0.1, 0.15) is 11.0 Å². The lowest BCUT2D eigenvalue weighted by molar-refractivity contribution is 0.0925. The van der Waals surface area contributed by atoms with Gasteiger partial charge in [-0.3, -0.25) is 4.79 Å². The topological polar surface area (TPSA) is 56.0 Å². The zero-order chi connectivity index (χ0) is 13.0. The van der Waals surface area contributed by atoms with Crippen molar-refractivity contribution in [1.82, 2.24) is 10.3 Å². The van der Waals surface area contributed by atoms with Crippen LogP contribution in [0.15, 0.2) is 35.0 Å². The van der Waals surface area contributed by atoms with E-state index >= 15 is 0 Å². The minimum atomic E-state index is 0.0125. The molecule has 1 atom stereocenters. The SMILES string of the molecule is CC=CCCC(C)C(=O)c1ccc2nonc2c1. The zero-order valence-corrected chi connectivity index (χ0v) is 10.6. The Morgan fingerprint density at radius 2 is 2.17 bits per heavy atom. The average Bonchev–Trinajstić information content (AvgIpc) is 2.85. The molecule has 2 aromatic rings. The van der Waals surface area contributed by atoms with Gasteiger partial charge in [-0.05, 0) is 48.3 Å². The molecule has 1 unspecified atom stereocenters. The molecule has 1 aromatic heterocycles. The van der Waals surface area contributed by atoms with Crippen LogP contribution >= 0.6 is 0 Å². The van der Waals surface area contributed by atoms with Crippen LogP contribution in [0.25, 0.3) is 11.0 Å². The summed E-state index contributed by atoms with van der Waals surface area (Å²) < 4.78 is 4.62. The minimum absolute atomic E-state index is 0.0125. The molecule has 4 nitrogen and oxygen atoms in total. The maximum atomic E-state index is 12.2. The van der Waals surface area contributed by atoms with Crippen molar-refractivity contribution in [3.63, 3.8) is 0 Å². The van der Waals surface area contributed by atoms with Crippen LogP contribution in [0.5, 0.6) is 0 Å². The maximum absolute atomic E-state index is 12.2. The molecule has 0 aliphatic rings. The molecular formula is C14H16N2O2. The van der Waals surface area contributed by atoms with Gasteiger partial charge < -0.3 is 0 Å². The Morgan fingerprint density at radius 1 is 1.39 bits per heavy atom. The molecule has 0 saturated carbocycles. The van der Waals surface area contributed by atoms with Gasteiger partial charge in [-0.25, -0.2) is 4.63 Å². The number of hydrogen-bond donors (Lipinski definition) is 0. The summed E-state index contributed by atoms with van der Waals surface area (Å²) >= 11 is 0. The smallest absolute Gasteiger partial charge is 0.165 e. The highest BCUT2D eigenvalue weighted by Gasteiger charge is 2.15. The van der Waals surface area contributed by atoms with E-state index in [2.05, 4.69) is 21.0 Å². The Kier molecular flexibility index (Phi) is 3.87. The van der Waals surface area contributed by atoms with Crippen molar-refractivity contribution in [3.05, 3.63) is 35.9 Å². The first-order chi connectivity index (χ1) is 8.72. The lowest BCUT2D eigenvalue weighted by atomic mass is 9.95. The first kappa shape index (κ1) is 12.5. The van der Waals surface area contributed by atoms with Gasteiger partial charge in [-0.1, -0.05) is 19.1 Å². The predicted octanol–water partition coefficient (Wildman–Crippen LogP) is 3.40. The van der Waals surface area contributed by atoms with Crippen molar-refractivity contribution >= 4 is 16.8 Å². The van der Waals surface area contributed by atoms with E-state index in [0.717, 1.165) is 12.8 Å². The predicted molar refractivity (Wildman–Crippen MR) is 69.3 cm³/mol. The fourth-order valence-corrected chi connectivity index (χ4v) is 1.86. The number of carbonyl (C=O) groups is 1. The number of fused-ring (bicyclic) bond motifs is 1. The first-order valence-corrected chi connectivity index (χ1v) is 6.10. The van der Waals surface area contributed by atoms with E-state index in [0.29, 0.717) is 16.6 Å². The summed E-state index contributed by atoms with van der Waals surface area (Å²) in [6.07, 6.45) is 5.87. The summed E-state index contributed by atoms with van der Waals surface area (Å²) in [7, 11) is 0.